The lowest BCUT2D eigenvalue weighted by molar-refractivity contribution is 0.0617. The van der Waals surface area contributed by atoms with Crippen molar-refractivity contribution in [3.63, 3.8) is 0 Å². The van der Waals surface area contributed by atoms with E-state index in [4.69, 9.17) is 10.5 Å². The van der Waals surface area contributed by atoms with Gasteiger partial charge in [-0.15, -0.1) is 11.3 Å². The number of fused-ring (bicyclic) bond motifs is 1. The highest BCUT2D eigenvalue weighted by Crippen LogP contribution is 2.33. The molecule has 5 nitrogen and oxygen atoms in total. The van der Waals surface area contributed by atoms with Gasteiger partial charge in [-0.3, -0.25) is 4.79 Å². The number of amides is 1. The summed E-state index contributed by atoms with van der Waals surface area (Å²) in [6, 6.07) is 20.3. The number of carbonyl (C=O) groups excluding carboxylic acids is 1. The molecule has 1 aliphatic carbocycles. The molecule has 1 saturated carbocycles. The number of nitrogens with two attached hydrogens (primary N) is 1. The van der Waals surface area contributed by atoms with E-state index in [1.54, 1.807) is 30.7 Å². The molecule has 2 aromatic heterocycles. The number of thiophene rings is 1. The van der Waals surface area contributed by atoms with Gasteiger partial charge in [-0.25, -0.2) is 4.98 Å². The van der Waals surface area contributed by atoms with Crippen LogP contribution in [-0.2, 0) is 6.54 Å². The van der Waals surface area contributed by atoms with Gasteiger partial charge in [-0.2, -0.15) is 0 Å². The van der Waals surface area contributed by atoms with E-state index in [2.05, 4.69) is 28.1 Å². The van der Waals surface area contributed by atoms with Gasteiger partial charge in [-0.05, 0) is 60.2 Å². The minimum Gasteiger partial charge on any atom is -0.496 e. The number of nitrogen functional groups attached to an aromatic ring is 1. The van der Waals surface area contributed by atoms with Gasteiger partial charge in [0.1, 0.15) is 11.6 Å². The number of pyridine rings is 1. The van der Waals surface area contributed by atoms with E-state index >= 15 is 0 Å². The van der Waals surface area contributed by atoms with E-state index < -0.39 is 0 Å². The van der Waals surface area contributed by atoms with Crippen LogP contribution >= 0.6 is 11.3 Å². The average Bonchev–Trinajstić information content (AvgIpc) is 3.32. The lowest BCUT2D eigenvalue weighted by Crippen LogP contribution is -2.40. The molecule has 6 heteroatoms. The lowest BCUT2D eigenvalue weighted by atomic mass is 9.93. The van der Waals surface area contributed by atoms with Gasteiger partial charge in [0.15, 0.2) is 0 Å². The Morgan fingerprint density at radius 3 is 2.59 bits per heavy atom. The fraction of sp³-hybridized carbons (Fsp3) is 0.286. The number of aromatic nitrogens is 1. The van der Waals surface area contributed by atoms with Gasteiger partial charge >= 0.3 is 0 Å². The van der Waals surface area contributed by atoms with Gasteiger partial charge < -0.3 is 15.4 Å². The highest BCUT2D eigenvalue weighted by atomic mass is 32.1. The molecular weight excluding hydrogens is 442 g/mol. The van der Waals surface area contributed by atoms with Crippen molar-refractivity contribution in [3.8, 4) is 16.9 Å². The summed E-state index contributed by atoms with van der Waals surface area (Å²) in [5.41, 5.74) is 8.78. The summed E-state index contributed by atoms with van der Waals surface area (Å²) in [6.07, 6.45) is 7.43. The van der Waals surface area contributed by atoms with Gasteiger partial charge in [-0.1, -0.05) is 43.5 Å². The SMILES string of the molecule is COc1ccc(-c2ccc(N)nc2)cc1CN(C(=O)c1cc2ccccc2s1)C1CCCCC1. The van der Waals surface area contributed by atoms with Crippen LogP contribution in [0.25, 0.3) is 21.2 Å². The number of hydrogen-bond acceptors (Lipinski definition) is 5. The highest BCUT2D eigenvalue weighted by Gasteiger charge is 2.28. The monoisotopic (exact) mass is 471 g/mol. The normalized spacial score (nSPS) is 14.3. The van der Waals surface area contributed by atoms with Gasteiger partial charge in [0.2, 0.25) is 0 Å². The average molecular weight is 472 g/mol. The Morgan fingerprint density at radius 1 is 1.06 bits per heavy atom. The van der Waals surface area contributed by atoms with Crippen molar-refractivity contribution in [2.45, 2.75) is 44.7 Å². The van der Waals surface area contributed by atoms with Crippen LogP contribution in [0.5, 0.6) is 5.75 Å². The summed E-state index contributed by atoms with van der Waals surface area (Å²) < 4.78 is 6.85. The molecule has 1 fully saturated rings. The van der Waals surface area contributed by atoms with Crippen molar-refractivity contribution in [2.75, 3.05) is 12.8 Å². The van der Waals surface area contributed by atoms with Gasteiger partial charge in [0, 0.05) is 34.6 Å². The first-order valence-electron chi connectivity index (χ1n) is 11.8. The summed E-state index contributed by atoms with van der Waals surface area (Å²) in [7, 11) is 1.68. The number of carbonyl (C=O) groups is 1. The second kappa shape index (κ2) is 9.85. The van der Waals surface area contributed by atoms with Crippen LogP contribution in [0, 0.1) is 0 Å². The van der Waals surface area contributed by atoms with E-state index in [1.165, 1.54) is 6.42 Å². The quantitative estimate of drug-likeness (QED) is 0.347. The molecule has 174 valence electrons. The van der Waals surface area contributed by atoms with E-state index in [0.717, 1.165) is 63.1 Å². The minimum atomic E-state index is 0.106. The molecule has 0 spiro atoms. The van der Waals surface area contributed by atoms with Crippen molar-refractivity contribution < 1.29 is 9.53 Å². The molecular formula is C28H29N3O2S. The largest absolute Gasteiger partial charge is 0.496 e. The van der Waals surface area contributed by atoms with Crippen LogP contribution in [-0.4, -0.2) is 28.9 Å². The smallest absolute Gasteiger partial charge is 0.264 e. The van der Waals surface area contributed by atoms with E-state index in [9.17, 15) is 4.79 Å². The van der Waals surface area contributed by atoms with Crippen LogP contribution in [0.4, 0.5) is 5.82 Å². The first-order valence-corrected chi connectivity index (χ1v) is 12.6. The topological polar surface area (TPSA) is 68.5 Å². The van der Waals surface area contributed by atoms with Crippen LogP contribution in [0.3, 0.4) is 0 Å². The molecule has 2 heterocycles. The Bertz CT molecular complexity index is 1260. The maximum Gasteiger partial charge on any atom is 0.264 e. The number of nitrogens with zero attached hydrogens (tertiary/aromatic N) is 2. The van der Waals surface area contributed by atoms with Crippen molar-refractivity contribution in [1.82, 2.24) is 9.88 Å². The molecule has 0 aliphatic heterocycles. The van der Waals surface area contributed by atoms with Crippen LogP contribution < -0.4 is 10.5 Å². The molecule has 0 saturated heterocycles. The minimum absolute atomic E-state index is 0.106. The summed E-state index contributed by atoms with van der Waals surface area (Å²) in [4.78, 5) is 21.0. The van der Waals surface area contributed by atoms with Crippen molar-refractivity contribution in [2.24, 2.45) is 0 Å². The number of hydrogen-bond donors (Lipinski definition) is 1. The zero-order valence-corrected chi connectivity index (χ0v) is 20.2. The maximum atomic E-state index is 13.9. The third-order valence-electron chi connectivity index (χ3n) is 6.65. The zero-order chi connectivity index (χ0) is 23.5. The second-order valence-corrected chi connectivity index (χ2v) is 9.96. The molecule has 5 rings (SSSR count). The Balaban J connectivity index is 1.51. The van der Waals surface area contributed by atoms with E-state index in [0.29, 0.717) is 12.4 Å². The summed E-state index contributed by atoms with van der Waals surface area (Å²) in [5, 5.41) is 1.12. The number of methoxy groups -OCH3 is 1. The summed E-state index contributed by atoms with van der Waals surface area (Å²) in [6.45, 7) is 0.511. The van der Waals surface area contributed by atoms with Gasteiger partial charge in [0.25, 0.3) is 5.91 Å². The molecule has 4 aromatic rings. The van der Waals surface area contributed by atoms with E-state index in [-0.39, 0.29) is 11.9 Å². The standard InChI is InChI=1S/C28H29N3O2S/c1-33-24-13-11-19(21-12-14-27(29)30-17-21)15-22(24)18-31(23-8-3-2-4-9-23)28(32)26-16-20-7-5-6-10-25(20)34-26/h5-7,10-17,23H,2-4,8-9,18H2,1H3,(H2,29,30). The molecule has 2 aromatic carbocycles. The van der Waals surface area contributed by atoms with Crippen LogP contribution in [0.2, 0.25) is 0 Å². The number of anilines is 1. The van der Waals surface area contributed by atoms with Crippen LogP contribution in [0.15, 0.2) is 66.9 Å². The summed E-state index contributed by atoms with van der Waals surface area (Å²) >= 11 is 1.58. The second-order valence-electron chi connectivity index (χ2n) is 8.87. The van der Waals surface area contributed by atoms with Crippen molar-refractivity contribution in [3.05, 3.63) is 77.3 Å². The molecule has 0 unspecified atom stereocenters. The fourth-order valence-electron chi connectivity index (χ4n) is 4.83. The Kier molecular flexibility index (Phi) is 6.50. The van der Waals surface area contributed by atoms with E-state index in [1.807, 2.05) is 36.4 Å². The number of rotatable bonds is 6. The molecule has 1 amide bonds. The number of ether oxygens (including phenoxy) is 1. The molecule has 34 heavy (non-hydrogen) atoms. The molecule has 0 bridgehead atoms. The van der Waals surface area contributed by atoms with Crippen molar-refractivity contribution in [1.29, 1.82) is 0 Å². The maximum absolute atomic E-state index is 13.9. The Hall–Kier alpha value is -3.38. The zero-order valence-electron chi connectivity index (χ0n) is 19.4. The molecule has 0 atom stereocenters. The lowest BCUT2D eigenvalue weighted by Gasteiger charge is -2.34. The summed E-state index contributed by atoms with van der Waals surface area (Å²) in [5.74, 6) is 1.39. The van der Waals surface area contributed by atoms with Gasteiger partial charge in [0.05, 0.1) is 12.0 Å². The third-order valence-corrected chi connectivity index (χ3v) is 7.76. The fourth-order valence-corrected chi connectivity index (χ4v) is 5.85. The first-order chi connectivity index (χ1) is 16.6. The third kappa shape index (κ3) is 4.64. The van der Waals surface area contributed by atoms with Crippen molar-refractivity contribution >= 4 is 33.1 Å². The predicted molar refractivity (Wildman–Crippen MR) is 139 cm³/mol. The Labute approximate surface area is 204 Å². The first kappa shape index (κ1) is 22.4. The highest BCUT2D eigenvalue weighted by molar-refractivity contribution is 7.20. The predicted octanol–water partition coefficient (Wildman–Crippen LogP) is 6.53. The molecule has 2 N–H and O–H groups in total. The Morgan fingerprint density at radius 2 is 1.85 bits per heavy atom. The molecule has 0 radical (unpaired) electrons. The van der Waals surface area contributed by atoms with Crippen LogP contribution in [0.1, 0.15) is 47.3 Å². The number of benzene rings is 2. The molecule has 1 aliphatic rings.